The Labute approximate surface area is 186 Å². The molecule has 0 aliphatic carbocycles. The van der Waals surface area contributed by atoms with Crippen molar-refractivity contribution in [1.29, 1.82) is 0 Å². The number of aryl methyl sites for hydroxylation is 1. The second-order valence-electron chi connectivity index (χ2n) is 7.12. The van der Waals surface area contributed by atoms with Crippen molar-refractivity contribution in [3.8, 4) is 5.75 Å². The van der Waals surface area contributed by atoms with Crippen LogP contribution in [-0.2, 0) is 4.79 Å². The fourth-order valence-electron chi connectivity index (χ4n) is 2.93. The lowest BCUT2D eigenvalue weighted by molar-refractivity contribution is -0.128. The Kier molecular flexibility index (Phi) is 7.59. The van der Waals surface area contributed by atoms with Crippen LogP contribution in [0, 0.1) is 6.92 Å². The molecule has 0 heterocycles. The first-order valence-corrected chi connectivity index (χ1v) is 10.3. The number of amides is 3. The zero-order valence-corrected chi connectivity index (χ0v) is 17.9. The molecular formula is C25H25N3O4. The molecule has 164 valence electrons. The number of ether oxygens (including phenoxy) is 1. The predicted molar refractivity (Wildman–Crippen MR) is 122 cm³/mol. The van der Waals surface area contributed by atoms with Gasteiger partial charge in [0.05, 0.1) is 0 Å². The van der Waals surface area contributed by atoms with Gasteiger partial charge in [-0.05, 0) is 61.4 Å². The Hall–Kier alpha value is -4.13. The van der Waals surface area contributed by atoms with E-state index in [1.165, 1.54) is 0 Å². The van der Waals surface area contributed by atoms with E-state index in [2.05, 4.69) is 16.2 Å². The SMILES string of the molecule is CCC(Oc1ccccc1C)C(=O)NNC(=O)c1ccc(NC(=O)c2ccccc2)cc1. The third kappa shape index (κ3) is 5.95. The van der Waals surface area contributed by atoms with Gasteiger partial charge in [-0.1, -0.05) is 43.3 Å². The van der Waals surface area contributed by atoms with Gasteiger partial charge in [-0.25, -0.2) is 0 Å². The Morgan fingerprint density at radius 3 is 2.06 bits per heavy atom. The standard InChI is InChI=1S/C25H25N3O4/c1-3-21(32-22-12-8-7-9-17(22)2)25(31)28-27-24(30)19-13-15-20(16-14-19)26-23(29)18-10-5-4-6-11-18/h4-16,21H,3H2,1-2H3,(H,26,29)(H,27,30)(H,28,31). The monoisotopic (exact) mass is 431 g/mol. The third-order valence-electron chi connectivity index (χ3n) is 4.77. The van der Waals surface area contributed by atoms with Gasteiger partial charge in [0.1, 0.15) is 5.75 Å². The molecule has 7 heteroatoms. The maximum atomic E-state index is 12.4. The highest BCUT2D eigenvalue weighted by Gasteiger charge is 2.20. The van der Waals surface area contributed by atoms with E-state index in [9.17, 15) is 14.4 Å². The summed E-state index contributed by atoms with van der Waals surface area (Å²) in [5.41, 5.74) is 7.14. The van der Waals surface area contributed by atoms with Crippen LogP contribution in [0.2, 0.25) is 0 Å². The van der Waals surface area contributed by atoms with Gasteiger partial charge in [-0.2, -0.15) is 0 Å². The molecule has 3 N–H and O–H groups in total. The number of hydrogen-bond acceptors (Lipinski definition) is 4. The number of nitrogens with one attached hydrogen (secondary N) is 3. The molecule has 0 spiro atoms. The molecule has 3 aromatic rings. The number of rotatable bonds is 7. The van der Waals surface area contributed by atoms with Gasteiger partial charge in [0, 0.05) is 16.8 Å². The van der Waals surface area contributed by atoms with Gasteiger partial charge in [0.2, 0.25) is 0 Å². The first kappa shape index (κ1) is 22.6. The van der Waals surface area contributed by atoms with E-state index in [0.717, 1.165) is 5.56 Å². The molecule has 0 aliphatic heterocycles. The molecule has 3 aromatic carbocycles. The number of anilines is 1. The van der Waals surface area contributed by atoms with Gasteiger partial charge in [0.25, 0.3) is 17.7 Å². The molecule has 0 bridgehead atoms. The Balaban J connectivity index is 1.53. The van der Waals surface area contributed by atoms with Crippen LogP contribution in [0.15, 0.2) is 78.9 Å². The van der Waals surface area contributed by atoms with Crippen molar-refractivity contribution in [3.05, 3.63) is 95.6 Å². The van der Waals surface area contributed by atoms with E-state index in [4.69, 9.17) is 4.74 Å². The number of hydrazine groups is 1. The minimum atomic E-state index is -0.744. The maximum Gasteiger partial charge on any atom is 0.279 e. The number of benzene rings is 3. The predicted octanol–water partition coefficient (Wildman–Crippen LogP) is 3.87. The van der Waals surface area contributed by atoms with Crippen LogP contribution in [0.25, 0.3) is 0 Å². The van der Waals surface area contributed by atoms with Crippen LogP contribution < -0.4 is 20.9 Å². The van der Waals surface area contributed by atoms with Crippen LogP contribution in [0.1, 0.15) is 39.6 Å². The molecule has 3 amide bonds. The van der Waals surface area contributed by atoms with Crippen LogP contribution in [0.3, 0.4) is 0 Å². The first-order valence-electron chi connectivity index (χ1n) is 10.3. The van der Waals surface area contributed by atoms with Crippen molar-refractivity contribution >= 4 is 23.4 Å². The normalized spacial score (nSPS) is 11.2. The van der Waals surface area contributed by atoms with E-state index in [1.54, 1.807) is 54.6 Å². The van der Waals surface area contributed by atoms with Gasteiger partial charge >= 0.3 is 0 Å². The highest BCUT2D eigenvalue weighted by atomic mass is 16.5. The topological polar surface area (TPSA) is 96.5 Å². The minimum absolute atomic E-state index is 0.241. The summed E-state index contributed by atoms with van der Waals surface area (Å²) in [6, 6.07) is 22.6. The van der Waals surface area contributed by atoms with Gasteiger partial charge in [0.15, 0.2) is 6.10 Å². The molecular weight excluding hydrogens is 406 g/mol. The van der Waals surface area contributed by atoms with E-state index < -0.39 is 17.9 Å². The fourth-order valence-corrected chi connectivity index (χ4v) is 2.93. The molecule has 1 atom stereocenters. The molecule has 0 saturated heterocycles. The Bertz CT molecular complexity index is 1080. The van der Waals surface area contributed by atoms with Gasteiger partial charge in [-0.3, -0.25) is 25.2 Å². The lowest BCUT2D eigenvalue weighted by Gasteiger charge is -2.18. The number of hydrogen-bond donors (Lipinski definition) is 3. The smallest absolute Gasteiger partial charge is 0.279 e. The average Bonchev–Trinajstić information content (AvgIpc) is 2.82. The average molecular weight is 431 g/mol. The molecule has 7 nitrogen and oxygen atoms in total. The summed E-state index contributed by atoms with van der Waals surface area (Å²) in [5.74, 6) is -0.552. The quantitative estimate of drug-likeness (QED) is 0.495. The molecule has 0 aliphatic rings. The number of carbonyl (C=O) groups is 3. The summed E-state index contributed by atoms with van der Waals surface area (Å²) in [5, 5.41) is 2.77. The lowest BCUT2D eigenvalue weighted by Crippen LogP contribution is -2.48. The second-order valence-corrected chi connectivity index (χ2v) is 7.12. The van der Waals surface area contributed by atoms with Crippen LogP contribution in [-0.4, -0.2) is 23.8 Å². The van der Waals surface area contributed by atoms with E-state index in [-0.39, 0.29) is 5.91 Å². The second kappa shape index (κ2) is 10.8. The largest absolute Gasteiger partial charge is 0.480 e. The molecule has 3 rings (SSSR count). The minimum Gasteiger partial charge on any atom is -0.480 e. The van der Waals surface area contributed by atoms with Crippen LogP contribution in [0.4, 0.5) is 5.69 Å². The summed E-state index contributed by atoms with van der Waals surface area (Å²) in [6.45, 7) is 3.72. The van der Waals surface area contributed by atoms with Gasteiger partial charge in [-0.15, -0.1) is 0 Å². The molecule has 0 aromatic heterocycles. The lowest BCUT2D eigenvalue weighted by atomic mass is 10.1. The fraction of sp³-hybridized carbons (Fsp3) is 0.160. The Morgan fingerprint density at radius 2 is 1.41 bits per heavy atom. The molecule has 0 fully saturated rings. The van der Waals surface area contributed by atoms with E-state index in [0.29, 0.717) is 29.0 Å². The van der Waals surface area contributed by atoms with Crippen molar-refractivity contribution in [2.75, 3.05) is 5.32 Å². The van der Waals surface area contributed by atoms with Crippen molar-refractivity contribution < 1.29 is 19.1 Å². The van der Waals surface area contributed by atoms with Crippen LogP contribution in [0.5, 0.6) is 5.75 Å². The Morgan fingerprint density at radius 1 is 0.781 bits per heavy atom. The third-order valence-corrected chi connectivity index (χ3v) is 4.77. The zero-order valence-electron chi connectivity index (χ0n) is 17.9. The highest BCUT2D eigenvalue weighted by Crippen LogP contribution is 2.18. The molecule has 0 saturated carbocycles. The maximum absolute atomic E-state index is 12.4. The molecule has 0 radical (unpaired) electrons. The summed E-state index contributed by atoms with van der Waals surface area (Å²) in [4.78, 5) is 37.0. The van der Waals surface area contributed by atoms with E-state index in [1.807, 2.05) is 38.1 Å². The van der Waals surface area contributed by atoms with Crippen molar-refractivity contribution in [3.63, 3.8) is 0 Å². The van der Waals surface area contributed by atoms with Crippen LogP contribution >= 0.6 is 0 Å². The van der Waals surface area contributed by atoms with Gasteiger partial charge < -0.3 is 10.1 Å². The summed E-state index contributed by atoms with van der Waals surface area (Å²) < 4.78 is 5.78. The first-order chi connectivity index (χ1) is 15.5. The number of carbonyl (C=O) groups excluding carboxylic acids is 3. The molecule has 32 heavy (non-hydrogen) atoms. The summed E-state index contributed by atoms with van der Waals surface area (Å²) >= 11 is 0. The summed E-state index contributed by atoms with van der Waals surface area (Å²) in [6.07, 6.45) is -0.307. The number of para-hydroxylation sites is 1. The highest BCUT2D eigenvalue weighted by molar-refractivity contribution is 6.04. The van der Waals surface area contributed by atoms with E-state index >= 15 is 0 Å². The zero-order chi connectivity index (χ0) is 22.9. The molecule has 1 unspecified atom stereocenters. The van der Waals surface area contributed by atoms with Crippen molar-refractivity contribution in [2.45, 2.75) is 26.4 Å². The summed E-state index contributed by atoms with van der Waals surface area (Å²) in [7, 11) is 0. The van der Waals surface area contributed by atoms with Crippen molar-refractivity contribution in [2.24, 2.45) is 0 Å². The van der Waals surface area contributed by atoms with Crippen molar-refractivity contribution in [1.82, 2.24) is 10.9 Å².